The zero-order chi connectivity index (χ0) is 18.7. The first-order valence-electron chi connectivity index (χ1n) is 8.03. The molecule has 0 bridgehead atoms. The molecule has 6 heteroatoms. The highest BCUT2D eigenvalue weighted by molar-refractivity contribution is 5.91. The first kappa shape index (κ1) is 17.7. The van der Waals surface area contributed by atoms with E-state index in [4.69, 9.17) is 23.4 Å². The number of methoxy groups -OCH3 is 3. The summed E-state index contributed by atoms with van der Waals surface area (Å²) in [6, 6.07) is 10.8. The van der Waals surface area contributed by atoms with Gasteiger partial charge in [-0.05, 0) is 25.1 Å². The van der Waals surface area contributed by atoms with Crippen LogP contribution in [0.25, 0.3) is 11.0 Å². The van der Waals surface area contributed by atoms with E-state index in [1.54, 1.807) is 12.1 Å². The largest absolute Gasteiger partial charge is 0.493 e. The maximum Gasteiger partial charge on any atom is 0.338 e. The van der Waals surface area contributed by atoms with Crippen molar-refractivity contribution in [3.05, 3.63) is 53.3 Å². The van der Waals surface area contributed by atoms with Crippen molar-refractivity contribution in [1.82, 2.24) is 0 Å². The number of rotatable bonds is 6. The molecule has 0 N–H and O–H groups in total. The molecule has 0 saturated heterocycles. The topological polar surface area (TPSA) is 67.1 Å². The third-order valence-electron chi connectivity index (χ3n) is 4.18. The molecule has 26 heavy (non-hydrogen) atoms. The van der Waals surface area contributed by atoms with Crippen molar-refractivity contribution in [2.24, 2.45) is 0 Å². The Labute approximate surface area is 151 Å². The molecule has 0 saturated carbocycles. The number of ether oxygens (including phenoxy) is 4. The molecular weight excluding hydrogens is 336 g/mol. The average molecular weight is 356 g/mol. The van der Waals surface area contributed by atoms with Crippen molar-refractivity contribution in [2.45, 2.75) is 13.5 Å². The first-order chi connectivity index (χ1) is 12.6. The Morgan fingerprint density at radius 1 is 1.00 bits per heavy atom. The number of para-hydroxylation sites is 1. The van der Waals surface area contributed by atoms with Gasteiger partial charge in [-0.25, -0.2) is 4.79 Å². The molecule has 3 rings (SSSR count). The van der Waals surface area contributed by atoms with Gasteiger partial charge in [0.1, 0.15) is 18.0 Å². The lowest BCUT2D eigenvalue weighted by molar-refractivity contribution is 0.0445. The van der Waals surface area contributed by atoms with Gasteiger partial charge in [0.2, 0.25) is 5.75 Å². The third kappa shape index (κ3) is 3.18. The van der Waals surface area contributed by atoms with Crippen LogP contribution in [0.2, 0.25) is 0 Å². The molecule has 0 amide bonds. The summed E-state index contributed by atoms with van der Waals surface area (Å²) in [5.41, 5.74) is 2.02. The minimum atomic E-state index is -0.510. The van der Waals surface area contributed by atoms with E-state index in [1.165, 1.54) is 21.3 Å². The average Bonchev–Trinajstić information content (AvgIpc) is 3.00. The van der Waals surface area contributed by atoms with Crippen molar-refractivity contribution >= 4 is 16.9 Å². The van der Waals surface area contributed by atoms with Gasteiger partial charge in [0.05, 0.1) is 26.9 Å². The molecule has 6 nitrogen and oxygen atoms in total. The second-order valence-corrected chi connectivity index (χ2v) is 5.64. The van der Waals surface area contributed by atoms with Crippen molar-refractivity contribution < 1.29 is 28.2 Å². The van der Waals surface area contributed by atoms with Gasteiger partial charge in [0.15, 0.2) is 11.5 Å². The predicted octanol–water partition coefficient (Wildman–Crippen LogP) is 4.12. The van der Waals surface area contributed by atoms with E-state index in [1.807, 2.05) is 31.2 Å². The Bertz CT molecular complexity index is 916. The molecule has 1 aromatic heterocycles. The highest BCUT2D eigenvalue weighted by atomic mass is 16.5. The van der Waals surface area contributed by atoms with Crippen LogP contribution in [0.4, 0.5) is 0 Å². The minimum absolute atomic E-state index is 0.0377. The van der Waals surface area contributed by atoms with Crippen molar-refractivity contribution in [1.29, 1.82) is 0 Å². The summed E-state index contributed by atoms with van der Waals surface area (Å²) in [5, 5.41) is 1.01. The first-order valence-corrected chi connectivity index (χ1v) is 8.03. The summed E-state index contributed by atoms with van der Waals surface area (Å²) >= 11 is 0. The van der Waals surface area contributed by atoms with Crippen LogP contribution >= 0.6 is 0 Å². The quantitative estimate of drug-likeness (QED) is 0.619. The van der Waals surface area contributed by atoms with Gasteiger partial charge in [-0.2, -0.15) is 0 Å². The molecule has 1 heterocycles. The second-order valence-electron chi connectivity index (χ2n) is 5.64. The summed E-state index contributed by atoms with van der Waals surface area (Å²) in [6.07, 6.45) is 0. The fourth-order valence-electron chi connectivity index (χ4n) is 2.78. The predicted molar refractivity (Wildman–Crippen MR) is 96.2 cm³/mol. The van der Waals surface area contributed by atoms with Crippen molar-refractivity contribution in [3.8, 4) is 17.2 Å². The number of hydrogen-bond acceptors (Lipinski definition) is 6. The summed E-state index contributed by atoms with van der Waals surface area (Å²) in [6.45, 7) is 1.98. The molecule has 0 aliphatic carbocycles. The maximum absolute atomic E-state index is 12.5. The van der Waals surface area contributed by atoms with Gasteiger partial charge in [0, 0.05) is 10.9 Å². The van der Waals surface area contributed by atoms with E-state index >= 15 is 0 Å². The molecular formula is C20H20O6. The fraction of sp³-hybridized carbons (Fsp3) is 0.250. The molecule has 3 aromatic rings. The van der Waals surface area contributed by atoms with E-state index in [0.29, 0.717) is 28.6 Å². The van der Waals surface area contributed by atoms with Crippen LogP contribution in [0.1, 0.15) is 21.7 Å². The SMILES string of the molecule is COc1cc(C(=O)OCc2oc3ccccc3c2C)cc(OC)c1OC. The molecule has 0 unspecified atom stereocenters. The van der Waals surface area contributed by atoms with Crippen LogP contribution in [0, 0.1) is 6.92 Å². The number of furan rings is 1. The zero-order valence-corrected chi connectivity index (χ0v) is 15.1. The Morgan fingerprint density at radius 3 is 2.23 bits per heavy atom. The lowest BCUT2D eigenvalue weighted by atomic mass is 10.1. The van der Waals surface area contributed by atoms with Gasteiger partial charge in [-0.1, -0.05) is 18.2 Å². The molecule has 0 aliphatic heterocycles. The maximum atomic E-state index is 12.5. The summed E-state index contributed by atoms with van der Waals surface area (Å²) < 4.78 is 27.0. The second kappa shape index (κ2) is 7.39. The van der Waals surface area contributed by atoms with E-state index in [9.17, 15) is 4.79 Å². The number of carbonyl (C=O) groups excluding carboxylic acids is 1. The number of esters is 1. The van der Waals surface area contributed by atoms with E-state index in [0.717, 1.165) is 16.5 Å². The fourth-order valence-corrected chi connectivity index (χ4v) is 2.78. The number of hydrogen-bond donors (Lipinski definition) is 0. The van der Waals surface area contributed by atoms with Gasteiger partial charge >= 0.3 is 5.97 Å². The van der Waals surface area contributed by atoms with Crippen LogP contribution < -0.4 is 14.2 Å². The monoisotopic (exact) mass is 356 g/mol. The number of fused-ring (bicyclic) bond motifs is 1. The molecule has 2 aromatic carbocycles. The summed E-state index contributed by atoms with van der Waals surface area (Å²) in [7, 11) is 4.48. The van der Waals surface area contributed by atoms with Gasteiger partial charge in [-0.15, -0.1) is 0 Å². The minimum Gasteiger partial charge on any atom is -0.493 e. The Morgan fingerprint density at radius 2 is 1.65 bits per heavy atom. The highest BCUT2D eigenvalue weighted by Gasteiger charge is 2.19. The molecule has 0 atom stereocenters. The Kier molecular flexibility index (Phi) is 5.02. The normalized spacial score (nSPS) is 10.6. The Hall–Kier alpha value is -3.15. The summed E-state index contributed by atoms with van der Waals surface area (Å²) in [4.78, 5) is 12.5. The molecule has 136 valence electrons. The molecule has 0 spiro atoms. The highest BCUT2D eigenvalue weighted by Crippen LogP contribution is 2.38. The van der Waals surface area contributed by atoms with Crippen molar-refractivity contribution in [2.75, 3.05) is 21.3 Å². The number of aryl methyl sites for hydroxylation is 1. The van der Waals surface area contributed by atoms with Crippen LogP contribution in [-0.4, -0.2) is 27.3 Å². The van der Waals surface area contributed by atoms with Gasteiger partial charge in [-0.3, -0.25) is 0 Å². The number of carbonyl (C=O) groups is 1. The van der Waals surface area contributed by atoms with Crippen LogP contribution in [-0.2, 0) is 11.3 Å². The van der Waals surface area contributed by atoms with Gasteiger partial charge < -0.3 is 23.4 Å². The van der Waals surface area contributed by atoms with Crippen LogP contribution in [0.15, 0.2) is 40.8 Å². The van der Waals surface area contributed by atoms with Crippen molar-refractivity contribution in [3.63, 3.8) is 0 Å². The van der Waals surface area contributed by atoms with Crippen LogP contribution in [0.3, 0.4) is 0 Å². The smallest absolute Gasteiger partial charge is 0.338 e. The molecule has 0 aliphatic rings. The molecule has 0 fully saturated rings. The molecule has 0 radical (unpaired) electrons. The van der Waals surface area contributed by atoms with E-state index in [-0.39, 0.29) is 6.61 Å². The van der Waals surface area contributed by atoms with Crippen LogP contribution in [0.5, 0.6) is 17.2 Å². The standard InChI is InChI=1S/C20H20O6/c1-12-14-7-5-6-8-15(14)26-18(12)11-25-20(21)13-9-16(22-2)19(24-4)17(10-13)23-3/h5-10H,11H2,1-4H3. The van der Waals surface area contributed by atoms with E-state index < -0.39 is 5.97 Å². The lowest BCUT2D eigenvalue weighted by Crippen LogP contribution is -2.07. The Balaban J connectivity index is 1.82. The van der Waals surface area contributed by atoms with Gasteiger partial charge in [0.25, 0.3) is 0 Å². The summed E-state index contributed by atoms with van der Waals surface area (Å²) in [5.74, 6) is 1.30. The number of benzene rings is 2. The zero-order valence-electron chi connectivity index (χ0n) is 15.1. The third-order valence-corrected chi connectivity index (χ3v) is 4.18. The lowest BCUT2D eigenvalue weighted by Gasteiger charge is -2.13. The van der Waals surface area contributed by atoms with E-state index in [2.05, 4.69) is 0 Å².